The molecule has 4 aromatic rings. The van der Waals surface area contributed by atoms with E-state index in [1.807, 2.05) is 65.9 Å². The number of para-hydroxylation sites is 2. The molecule has 0 aliphatic carbocycles. The lowest BCUT2D eigenvalue weighted by atomic mass is 10.3. The summed E-state index contributed by atoms with van der Waals surface area (Å²) in [6.45, 7) is 1.96. The molecule has 1 N–H and O–H groups in total. The summed E-state index contributed by atoms with van der Waals surface area (Å²) in [6, 6.07) is 17.6. The molecule has 0 aliphatic heterocycles. The van der Waals surface area contributed by atoms with Gasteiger partial charge in [-0.2, -0.15) is 0 Å². The van der Waals surface area contributed by atoms with Crippen molar-refractivity contribution in [1.29, 1.82) is 0 Å². The molecule has 0 aliphatic rings. The Hall–Kier alpha value is -2.59. The van der Waals surface area contributed by atoms with E-state index in [2.05, 4.69) is 15.3 Å². The van der Waals surface area contributed by atoms with Crippen LogP contribution in [-0.4, -0.2) is 14.4 Å². The lowest BCUT2D eigenvalue weighted by Gasteiger charge is -2.10. The van der Waals surface area contributed by atoms with Gasteiger partial charge in [-0.3, -0.25) is 4.40 Å². The van der Waals surface area contributed by atoms with Crippen molar-refractivity contribution in [2.75, 3.05) is 5.32 Å². The van der Waals surface area contributed by atoms with E-state index in [-0.39, 0.29) is 0 Å². The molecule has 0 radical (unpaired) electrons. The normalized spacial score (nSPS) is 11.2. The van der Waals surface area contributed by atoms with E-state index in [1.54, 1.807) is 0 Å². The van der Waals surface area contributed by atoms with Gasteiger partial charge >= 0.3 is 0 Å². The van der Waals surface area contributed by atoms with Gasteiger partial charge in [0, 0.05) is 22.5 Å². The van der Waals surface area contributed by atoms with Crippen molar-refractivity contribution < 1.29 is 0 Å². The second-order valence-corrected chi connectivity index (χ2v) is 5.59. The Bertz CT molecular complexity index is 990. The molecule has 0 atom stereocenters. The molecule has 0 saturated heterocycles. The van der Waals surface area contributed by atoms with E-state index in [0.717, 1.165) is 28.2 Å². The number of nitrogens with zero attached hydrogens (tertiary/aromatic N) is 3. The fourth-order valence-electron chi connectivity index (χ4n) is 2.58. The number of rotatable bonds is 2. The Morgan fingerprint density at radius 1 is 1.00 bits per heavy atom. The van der Waals surface area contributed by atoms with Crippen molar-refractivity contribution in [3.05, 3.63) is 65.3 Å². The van der Waals surface area contributed by atoms with E-state index in [0.29, 0.717) is 10.8 Å². The Labute approximate surface area is 132 Å². The molecule has 0 fully saturated rings. The van der Waals surface area contributed by atoms with Gasteiger partial charge in [-0.15, -0.1) is 0 Å². The van der Waals surface area contributed by atoms with Gasteiger partial charge in [0.05, 0.1) is 11.0 Å². The molecule has 0 unspecified atom stereocenters. The highest BCUT2D eigenvalue weighted by Crippen LogP contribution is 2.25. The van der Waals surface area contributed by atoms with Crippen LogP contribution in [0.15, 0.2) is 54.6 Å². The SMILES string of the molecule is Cc1cc(Nc2cccc(Cl)c2)n2c(n1)nc1ccccc12. The molecule has 2 heterocycles. The lowest BCUT2D eigenvalue weighted by Crippen LogP contribution is -2.01. The van der Waals surface area contributed by atoms with E-state index in [9.17, 15) is 0 Å². The Morgan fingerprint density at radius 2 is 1.86 bits per heavy atom. The fourth-order valence-corrected chi connectivity index (χ4v) is 2.77. The summed E-state index contributed by atoms with van der Waals surface area (Å²) in [6.07, 6.45) is 0. The highest BCUT2D eigenvalue weighted by atomic mass is 35.5. The summed E-state index contributed by atoms with van der Waals surface area (Å²) in [4.78, 5) is 9.10. The van der Waals surface area contributed by atoms with Gasteiger partial charge in [0.1, 0.15) is 5.82 Å². The largest absolute Gasteiger partial charge is 0.341 e. The van der Waals surface area contributed by atoms with E-state index in [1.165, 1.54) is 0 Å². The molecule has 4 rings (SSSR count). The van der Waals surface area contributed by atoms with Crippen LogP contribution in [0.3, 0.4) is 0 Å². The van der Waals surface area contributed by atoms with Crippen molar-refractivity contribution in [3.8, 4) is 0 Å². The zero-order valence-electron chi connectivity index (χ0n) is 11.9. The number of benzene rings is 2. The molecule has 108 valence electrons. The van der Waals surface area contributed by atoms with Crippen LogP contribution >= 0.6 is 11.6 Å². The number of aromatic nitrogens is 3. The van der Waals surface area contributed by atoms with Crippen LogP contribution in [0.1, 0.15) is 5.69 Å². The molecule has 0 spiro atoms. The first-order chi connectivity index (χ1) is 10.7. The zero-order valence-corrected chi connectivity index (χ0v) is 12.7. The van der Waals surface area contributed by atoms with E-state index >= 15 is 0 Å². The van der Waals surface area contributed by atoms with Crippen molar-refractivity contribution in [2.45, 2.75) is 6.92 Å². The summed E-state index contributed by atoms with van der Waals surface area (Å²) in [5, 5.41) is 4.10. The Kier molecular flexibility index (Phi) is 2.98. The van der Waals surface area contributed by atoms with Crippen LogP contribution in [0.4, 0.5) is 11.5 Å². The van der Waals surface area contributed by atoms with Gasteiger partial charge in [-0.05, 0) is 37.3 Å². The molecule has 22 heavy (non-hydrogen) atoms. The van der Waals surface area contributed by atoms with Crippen molar-refractivity contribution >= 4 is 39.9 Å². The van der Waals surface area contributed by atoms with Crippen LogP contribution in [-0.2, 0) is 0 Å². The first kappa shape index (κ1) is 13.1. The molecular weight excluding hydrogens is 296 g/mol. The number of hydrogen-bond acceptors (Lipinski definition) is 3. The number of imidazole rings is 1. The number of fused-ring (bicyclic) bond motifs is 3. The topological polar surface area (TPSA) is 42.2 Å². The van der Waals surface area contributed by atoms with Gasteiger partial charge in [0.25, 0.3) is 0 Å². The van der Waals surface area contributed by atoms with Crippen molar-refractivity contribution in [3.63, 3.8) is 0 Å². The van der Waals surface area contributed by atoms with Gasteiger partial charge in [-0.1, -0.05) is 29.8 Å². The smallest absolute Gasteiger partial charge is 0.236 e. The third-order valence-corrected chi connectivity index (χ3v) is 3.74. The van der Waals surface area contributed by atoms with Gasteiger partial charge in [-0.25, -0.2) is 9.97 Å². The second kappa shape index (κ2) is 5.00. The third-order valence-electron chi connectivity index (χ3n) is 3.50. The number of nitrogens with one attached hydrogen (secondary N) is 1. The zero-order chi connectivity index (χ0) is 15.1. The minimum atomic E-state index is 0.686. The second-order valence-electron chi connectivity index (χ2n) is 5.15. The summed E-state index contributed by atoms with van der Waals surface area (Å²) < 4.78 is 2.02. The molecule has 2 aromatic carbocycles. The molecule has 4 nitrogen and oxygen atoms in total. The highest BCUT2D eigenvalue weighted by molar-refractivity contribution is 6.30. The molecule has 5 heteroatoms. The average Bonchev–Trinajstić information content (AvgIpc) is 2.85. The minimum Gasteiger partial charge on any atom is -0.341 e. The number of halogens is 1. The molecule has 2 aromatic heterocycles. The van der Waals surface area contributed by atoms with Crippen LogP contribution < -0.4 is 5.32 Å². The predicted octanol–water partition coefficient (Wildman–Crippen LogP) is 4.59. The molecular formula is C17H13ClN4. The monoisotopic (exact) mass is 308 g/mol. The molecule has 0 amide bonds. The van der Waals surface area contributed by atoms with Crippen molar-refractivity contribution in [1.82, 2.24) is 14.4 Å². The van der Waals surface area contributed by atoms with Crippen molar-refractivity contribution in [2.24, 2.45) is 0 Å². The first-order valence-corrected chi connectivity index (χ1v) is 7.36. The quantitative estimate of drug-likeness (QED) is 0.589. The Morgan fingerprint density at radius 3 is 2.73 bits per heavy atom. The van der Waals surface area contributed by atoms with Crippen LogP contribution in [0.2, 0.25) is 5.02 Å². The van der Waals surface area contributed by atoms with Gasteiger partial charge in [0.15, 0.2) is 0 Å². The molecule has 0 bridgehead atoms. The fraction of sp³-hybridized carbons (Fsp3) is 0.0588. The van der Waals surface area contributed by atoms with Crippen LogP contribution in [0.25, 0.3) is 16.8 Å². The Balaban J connectivity index is 1.95. The first-order valence-electron chi connectivity index (χ1n) is 6.98. The maximum atomic E-state index is 6.06. The van der Waals surface area contributed by atoms with Crippen LogP contribution in [0, 0.1) is 6.92 Å². The third kappa shape index (κ3) is 2.18. The number of aryl methyl sites for hydroxylation is 1. The van der Waals surface area contributed by atoms with Gasteiger partial charge in [0.2, 0.25) is 5.78 Å². The van der Waals surface area contributed by atoms with Crippen LogP contribution in [0.5, 0.6) is 0 Å². The number of hydrogen-bond donors (Lipinski definition) is 1. The summed E-state index contributed by atoms with van der Waals surface area (Å²) in [7, 11) is 0. The standard InChI is InChI=1S/C17H13ClN4/c1-11-9-16(20-13-6-4-5-12(18)10-13)22-15-8-3-2-7-14(15)21-17(22)19-11/h2-10,20H,1H3. The minimum absolute atomic E-state index is 0.686. The maximum Gasteiger partial charge on any atom is 0.236 e. The lowest BCUT2D eigenvalue weighted by molar-refractivity contribution is 1.09. The number of anilines is 2. The predicted molar refractivity (Wildman–Crippen MR) is 90.0 cm³/mol. The summed E-state index contributed by atoms with van der Waals surface area (Å²) in [5.74, 6) is 1.60. The maximum absolute atomic E-state index is 6.06. The average molecular weight is 309 g/mol. The molecule has 0 saturated carbocycles. The highest BCUT2D eigenvalue weighted by Gasteiger charge is 2.10. The summed E-state index contributed by atoms with van der Waals surface area (Å²) in [5.41, 5.74) is 3.79. The summed E-state index contributed by atoms with van der Waals surface area (Å²) >= 11 is 6.06. The van der Waals surface area contributed by atoms with E-state index < -0.39 is 0 Å². The van der Waals surface area contributed by atoms with E-state index in [4.69, 9.17) is 11.6 Å². The van der Waals surface area contributed by atoms with Gasteiger partial charge < -0.3 is 5.32 Å².